The van der Waals surface area contributed by atoms with Crippen molar-refractivity contribution in [3.05, 3.63) is 113 Å². The minimum absolute atomic E-state index is 0.710. The maximum absolute atomic E-state index is 11.4. The quantitative estimate of drug-likeness (QED) is 0.313. The Morgan fingerprint density at radius 1 is 0.760 bits per heavy atom. The molecule has 0 unspecified atom stereocenters. The van der Waals surface area contributed by atoms with E-state index < -0.39 is 0 Å². The van der Waals surface area contributed by atoms with Gasteiger partial charge in [-0.25, -0.2) is 0 Å². The number of benzene rings is 3. The van der Waals surface area contributed by atoms with E-state index in [0.29, 0.717) is 5.56 Å². The van der Waals surface area contributed by atoms with Gasteiger partial charge in [0.05, 0.1) is 0 Å². The molecule has 0 N–H and O–H groups in total. The molecule has 0 saturated carbocycles. The Labute approximate surface area is 149 Å². The molecule has 0 bridgehead atoms. The summed E-state index contributed by atoms with van der Waals surface area (Å²) in [6.07, 6.45) is 5.15. The van der Waals surface area contributed by atoms with Crippen LogP contribution in [0.4, 0.5) is 0 Å². The van der Waals surface area contributed by atoms with E-state index in [1.54, 1.807) is 0 Å². The molecule has 3 rings (SSSR count). The second-order valence-electron chi connectivity index (χ2n) is 5.85. The molecule has 0 aromatic heterocycles. The van der Waals surface area contributed by atoms with Gasteiger partial charge >= 0.3 is 0 Å². The summed E-state index contributed by atoms with van der Waals surface area (Å²) in [6, 6.07) is 28.2. The van der Waals surface area contributed by atoms with Crippen LogP contribution < -0.4 is 0 Å². The van der Waals surface area contributed by atoms with Crippen molar-refractivity contribution in [2.75, 3.05) is 0 Å². The molecule has 0 amide bonds. The lowest BCUT2D eigenvalue weighted by Crippen LogP contribution is -1.93. The maximum Gasteiger partial charge on any atom is 0.150 e. The highest BCUT2D eigenvalue weighted by Gasteiger charge is 2.08. The molecule has 1 heteroatoms. The zero-order valence-electron chi connectivity index (χ0n) is 14.2. The van der Waals surface area contributed by atoms with Gasteiger partial charge in [0.1, 0.15) is 0 Å². The number of hydrogen-bond donors (Lipinski definition) is 0. The molecule has 0 atom stereocenters. The highest BCUT2D eigenvalue weighted by Crippen LogP contribution is 2.29. The molecule has 0 saturated heterocycles. The average molecular weight is 324 g/mol. The normalized spacial score (nSPS) is 12.0. The fourth-order valence-corrected chi connectivity index (χ4v) is 2.89. The molecular formula is C24H20O. The zero-order valence-corrected chi connectivity index (χ0v) is 14.2. The molecule has 0 aliphatic carbocycles. The van der Waals surface area contributed by atoms with Gasteiger partial charge < -0.3 is 0 Å². The first-order chi connectivity index (χ1) is 12.3. The fraction of sp³-hybridized carbons (Fsp3) is 0.0417. The van der Waals surface area contributed by atoms with Crippen LogP contribution in [0.1, 0.15) is 34.0 Å². The monoisotopic (exact) mass is 324 g/mol. The Bertz CT molecular complexity index is 903. The average Bonchev–Trinajstić information content (AvgIpc) is 2.69. The summed E-state index contributed by atoms with van der Waals surface area (Å²) in [7, 11) is 0. The van der Waals surface area contributed by atoms with Crippen molar-refractivity contribution in [3.63, 3.8) is 0 Å². The van der Waals surface area contributed by atoms with E-state index in [4.69, 9.17) is 0 Å². The van der Waals surface area contributed by atoms with Crippen molar-refractivity contribution in [2.45, 2.75) is 6.92 Å². The van der Waals surface area contributed by atoms with E-state index in [1.165, 1.54) is 0 Å². The van der Waals surface area contributed by atoms with Crippen LogP contribution in [0.5, 0.6) is 0 Å². The number of aldehydes is 1. The summed E-state index contributed by atoms with van der Waals surface area (Å²) >= 11 is 0. The summed E-state index contributed by atoms with van der Waals surface area (Å²) in [5.74, 6) is 0. The number of allylic oxidation sites excluding steroid dienone is 3. The summed E-state index contributed by atoms with van der Waals surface area (Å²) in [5, 5.41) is 0. The summed E-state index contributed by atoms with van der Waals surface area (Å²) in [5.41, 5.74) is 6.15. The molecule has 0 aliphatic rings. The third-order valence-electron chi connectivity index (χ3n) is 4.22. The van der Waals surface area contributed by atoms with Crippen LogP contribution in [0.15, 0.2) is 91.0 Å². The number of hydrogen-bond acceptors (Lipinski definition) is 1. The Balaban J connectivity index is 2.13. The van der Waals surface area contributed by atoms with E-state index in [1.807, 2.05) is 60.7 Å². The first-order valence-electron chi connectivity index (χ1n) is 8.33. The van der Waals surface area contributed by atoms with Crippen LogP contribution >= 0.6 is 0 Å². The molecule has 122 valence electrons. The van der Waals surface area contributed by atoms with Crippen LogP contribution in [0.3, 0.4) is 0 Å². The van der Waals surface area contributed by atoms with Crippen molar-refractivity contribution in [3.8, 4) is 0 Å². The topological polar surface area (TPSA) is 17.1 Å². The van der Waals surface area contributed by atoms with Crippen LogP contribution in [-0.4, -0.2) is 6.29 Å². The van der Waals surface area contributed by atoms with E-state index in [9.17, 15) is 4.79 Å². The van der Waals surface area contributed by atoms with E-state index in [2.05, 4.69) is 43.3 Å². The largest absolute Gasteiger partial charge is 0.298 e. The van der Waals surface area contributed by atoms with Crippen molar-refractivity contribution in [1.82, 2.24) is 0 Å². The minimum Gasteiger partial charge on any atom is -0.298 e. The lowest BCUT2D eigenvalue weighted by atomic mass is 9.92. The Hall–Kier alpha value is -3.19. The first kappa shape index (κ1) is 16.7. The Morgan fingerprint density at radius 2 is 1.36 bits per heavy atom. The highest BCUT2D eigenvalue weighted by molar-refractivity contribution is 6.00. The van der Waals surface area contributed by atoms with Crippen molar-refractivity contribution < 1.29 is 4.79 Å². The van der Waals surface area contributed by atoms with Crippen molar-refractivity contribution in [1.29, 1.82) is 0 Å². The van der Waals surface area contributed by atoms with Crippen molar-refractivity contribution in [2.24, 2.45) is 0 Å². The van der Waals surface area contributed by atoms with Crippen LogP contribution in [0, 0.1) is 0 Å². The van der Waals surface area contributed by atoms with Gasteiger partial charge in [0.25, 0.3) is 0 Å². The molecule has 0 heterocycles. The molecule has 25 heavy (non-hydrogen) atoms. The fourth-order valence-electron chi connectivity index (χ4n) is 2.89. The smallest absolute Gasteiger partial charge is 0.150 e. The molecule has 3 aromatic carbocycles. The second-order valence-corrected chi connectivity index (χ2v) is 5.85. The maximum atomic E-state index is 11.4. The van der Waals surface area contributed by atoms with Gasteiger partial charge in [-0.15, -0.1) is 0 Å². The summed E-state index contributed by atoms with van der Waals surface area (Å²) in [4.78, 5) is 11.4. The number of carbonyl (C=O) groups is 1. The second kappa shape index (κ2) is 8.07. The SMILES string of the molecule is C/C(=C(/C=C/c1ccccc1)c1ccccc1)c1ccccc1C=O. The van der Waals surface area contributed by atoms with Gasteiger partial charge in [0.2, 0.25) is 0 Å². The van der Waals surface area contributed by atoms with Gasteiger partial charge in [0, 0.05) is 5.56 Å². The van der Waals surface area contributed by atoms with E-state index >= 15 is 0 Å². The summed E-state index contributed by atoms with van der Waals surface area (Å²) in [6.45, 7) is 2.07. The molecule has 0 spiro atoms. The molecular weight excluding hydrogens is 304 g/mol. The molecule has 0 fully saturated rings. The van der Waals surface area contributed by atoms with Crippen LogP contribution in [0.2, 0.25) is 0 Å². The van der Waals surface area contributed by atoms with Crippen molar-refractivity contribution >= 4 is 23.5 Å². The molecule has 0 aliphatic heterocycles. The van der Waals surface area contributed by atoms with Crippen LogP contribution in [-0.2, 0) is 0 Å². The van der Waals surface area contributed by atoms with Gasteiger partial charge in [0.15, 0.2) is 6.29 Å². The predicted octanol–water partition coefficient (Wildman–Crippen LogP) is 6.14. The highest BCUT2D eigenvalue weighted by atomic mass is 16.1. The van der Waals surface area contributed by atoms with E-state index in [-0.39, 0.29) is 0 Å². The van der Waals surface area contributed by atoms with Gasteiger partial charge in [-0.3, -0.25) is 4.79 Å². The van der Waals surface area contributed by atoms with Gasteiger partial charge in [-0.1, -0.05) is 97.1 Å². The minimum atomic E-state index is 0.710. The number of rotatable bonds is 5. The third kappa shape index (κ3) is 4.02. The van der Waals surface area contributed by atoms with E-state index in [0.717, 1.165) is 34.1 Å². The van der Waals surface area contributed by atoms with Gasteiger partial charge in [-0.2, -0.15) is 0 Å². The Morgan fingerprint density at radius 3 is 2.04 bits per heavy atom. The molecule has 1 nitrogen and oxygen atoms in total. The van der Waals surface area contributed by atoms with Crippen LogP contribution in [0.25, 0.3) is 17.2 Å². The lowest BCUT2D eigenvalue weighted by molar-refractivity contribution is 0.112. The molecule has 3 aromatic rings. The Kier molecular flexibility index (Phi) is 5.38. The lowest BCUT2D eigenvalue weighted by Gasteiger charge is -2.12. The summed E-state index contributed by atoms with van der Waals surface area (Å²) < 4.78 is 0. The first-order valence-corrected chi connectivity index (χ1v) is 8.33. The standard InChI is InChI=1S/C24H20O/c1-19(23-15-9-8-14-22(23)18-25)24(21-12-6-3-7-13-21)17-16-20-10-4-2-5-11-20/h2-18H,1H3/b17-16+,24-19+. The third-order valence-corrected chi connectivity index (χ3v) is 4.22. The zero-order chi connectivity index (χ0) is 17.5. The molecule has 0 radical (unpaired) electrons. The predicted molar refractivity (Wildman–Crippen MR) is 106 cm³/mol. The van der Waals surface area contributed by atoms with Gasteiger partial charge in [-0.05, 0) is 34.8 Å². The number of carbonyl (C=O) groups excluding carboxylic acids is 1.